The number of likely N-dealkylation sites (tertiary alicyclic amines) is 1. The van der Waals surface area contributed by atoms with Crippen molar-refractivity contribution in [3.05, 3.63) is 30.1 Å². The number of rotatable bonds is 2. The van der Waals surface area contributed by atoms with E-state index >= 15 is 0 Å². The first-order chi connectivity index (χ1) is 9.10. The minimum Gasteiger partial charge on any atom is -0.327 e. The summed E-state index contributed by atoms with van der Waals surface area (Å²) in [6.07, 6.45) is 1.78. The van der Waals surface area contributed by atoms with Gasteiger partial charge in [0.2, 0.25) is 0 Å². The van der Waals surface area contributed by atoms with Gasteiger partial charge in [-0.3, -0.25) is 0 Å². The zero-order chi connectivity index (χ0) is 13.8. The highest BCUT2D eigenvalue weighted by Crippen LogP contribution is 2.19. The van der Waals surface area contributed by atoms with Crippen molar-refractivity contribution in [3.8, 4) is 0 Å². The van der Waals surface area contributed by atoms with Crippen molar-refractivity contribution in [1.82, 2.24) is 4.90 Å². The normalized spacial score (nSPS) is 23.2. The van der Waals surface area contributed by atoms with Crippen molar-refractivity contribution < 1.29 is 9.18 Å². The summed E-state index contributed by atoms with van der Waals surface area (Å²) in [6, 6.07) is 5.90. The monoisotopic (exact) mass is 265 g/mol. The molecule has 1 aromatic rings. The Bertz CT molecular complexity index is 452. The Morgan fingerprint density at radius 2 is 2.37 bits per heavy atom. The fourth-order valence-electron chi connectivity index (χ4n) is 2.44. The molecule has 0 radical (unpaired) electrons. The predicted molar refractivity (Wildman–Crippen MR) is 73.4 cm³/mol. The van der Waals surface area contributed by atoms with E-state index in [9.17, 15) is 9.18 Å². The van der Waals surface area contributed by atoms with Crippen molar-refractivity contribution in [1.29, 1.82) is 0 Å². The van der Waals surface area contributed by atoms with Gasteiger partial charge in [-0.15, -0.1) is 0 Å². The highest BCUT2D eigenvalue weighted by atomic mass is 19.1. The Labute approximate surface area is 112 Å². The first-order valence-electron chi connectivity index (χ1n) is 6.67. The van der Waals surface area contributed by atoms with Crippen molar-refractivity contribution in [2.24, 2.45) is 11.7 Å². The number of nitrogens with two attached hydrogens (primary N) is 1. The van der Waals surface area contributed by atoms with Crippen molar-refractivity contribution in [2.45, 2.75) is 25.8 Å². The summed E-state index contributed by atoms with van der Waals surface area (Å²) in [6.45, 7) is 3.40. The van der Waals surface area contributed by atoms with Gasteiger partial charge in [0.1, 0.15) is 5.82 Å². The molecule has 1 aliphatic rings. The van der Waals surface area contributed by atoms with Crippen LogP contribution in [0.1, 0.15) is 19.8 Å². The maximum absolute atomic E-state index is 13.0. The summed E-state index contributed by atoms with van der Waals surface area (Å²) in [7, 11) is 0. The van der Waals surface area contributed by atoms with Gasteiger partial charge >= 0.3 is 6.03 Å². The molecule has 0 bridgehead atoms. The second-order valence-corrected chi connectivity index (χ2v) is 5.01. The van der Waals surface area contributed by atoms with E-state index in [1.165, 1.54) is 12.1 Å². The second-order valence-electron chi connectivity index (χ2n) is 5.01. The number of anilines is 1. The van der Waals surface area contributed by atoms with Gasteiger partial charge in [0.15, 0.2) is 0 Å². The van der Waals surface area contributed by atoms with Crippen LogP contribution in [-0.2, 0) is 0 Å². The van der Waals surface area contributed by atoms with Gasteiger partial charge < -0.3 is 16.0 Å². The van der Waals surface area contributed by atoms with Crippen LogP contribution < -0.4 is 11.1 Å². The van der Waals surface area contributed by atoms with Crippen LogP contribution in [0.4, 0.5) is 14.9 Å². The molecule has 3 N–H and O–H groups in total. The number of piperidine rings is 1. The van der Waals surface area contributed by atoms with Crippen LogP contribution in [0.25, 0.3) is 0 Å². The molecule has 0 saturated carbocycles. The van der Waals surface area contributed by atoms with E-state index in [0.29, 0.717) is 24.7 Å². The SMILES string of the molecule is CCC1CN(C(=O)Nc2cccc(F)c2)CCC1N. The first kappa shape index (κ1) is 13.8. The zero-order valence-corrected chi connectivity index (χ0v) is 11.1. The van der Waals surface area contributed by atoms with E-state index < -0.39 is 0 Å². The molecule has 1 heterocycles. The van der Waals surface area contributed by atoms with Gasteiger partial charge in [0, 0.05) is 24.8 Å². The molecule has 1 saturated heterocycles. The summed E-state index contributed by atoms with van der Waals surface area (Å²) < 4.78 is 13.0. The lowest BCUT2D eigenvalue weighted by Gasteiger charge is -2.36. The molecule has 0 spiro atoms. The van der Waals surface area contributed by atoms with E-state index in [1.807, 2.05) is 0 Å². The lowest BCUT2D eigenvalue weighted by Crippen LogP contribution is -2.50. The number of hydrogen-bond donors (Lipinski definition) is 2. The van der Waals surface area contributed by atoms with Crippen LogP contribution in [0.5, 0.6) is 0 Å². The van der Waals surface area contributed by atoms with Crippen LogP contribution in [-0.4, -0.2) is 30.1 Å². The number of urea groups is 1. The molecule has 4 nitrogen and oxygen atoms in total. The lowest BCUT2D eigenvalue weighted by atomic mass is 9.91. The number of carbonyl (C=O) groups excluding carboxylic acids is 1. The molecule has 2 atom stereocenters. The van der Waals surface area contributed by atoms with Gasteiger partial charge in [-0.1, -0.05) is 19.4 Å². The second kappa shape index (κ2) is 6.02. The largest absolute Gasteiger partial charge is 0.327 e. The number of benzene rings is 1. The summed E-state index contributed by atoms with van der Waals surface area (Å²) in [5, 5.41) is 2.72. The maximum atomic E-state index is 13.0. The van der Waals surface area contributed by atoms with Crippen molar-refractivity contribution >= 4 is 11.7 Å². The van der Waals surface area contributed by atoms with Gasteiger partial charge in [-0.25, -0.2) is 9.18 Å². The molecule has 2 amide bonds. The average molecular weight is 265 g/mol. The third kappa shape index (κ3) is 3.44. The van der Waals surface area contributed by atoms with E-state index in [0.717, 1.165) is 12.8 Å². The molecule has 19 heavy (non-hydrogen) atoms. The summed E-state index contributed by atoms with van der Waals surface area (Å²) in [5.41, 5.74) is 6.50. The van der Waals surface area contributed by atoms with Gasteiger partial charge in [0.25, 0.3) is 0 Å². The molecule has 1 aromatic carbocycles. The number of carbonyl (C=O) groups is 1. The molecule has 104 valence electrons. The quantitative estimate of drug-likeness (QED) is 0.862. The van der Waals surface area contributed by atoms with E-state index in [1.54, 1.807) is 17.0 Å². The smallest absolute Gasteiger partial charge is 0.321 e. The summed E-state index contributed by atoms with van der Waals surface area (Å²) in [4.78, 5) is 13.9. The molecule has 1 fully saturated rings. The number of halogens is 1. The Morgan fingerprint density at radius 1 is 1.58 bits per heavy atom. The molecule has 2 unspecified atom stereocenters. The number of nitrogens with one attached hydrogen (secondary N) is 1. The Morgan fingerprint density at radius 3 is 3.05 bits per heavy atom. The highest BCUT2D eigenvalue weighted by Gasteiger charge is 2.28. The van der Waals surface area contributed by atoms with E-state index in [-0.39, 0.29) is 17.9 Å². The third-order valence-corrected chi connectivity index (χ3v) is 3.68. The van der Waals surface area contributed by atoms with Gasteiger partial charge in [-0.2, -0.15) is 0 Å². The van der Waals surface area contributed by atoms with Crippen LogP contribution in [0.3, 0.4) is 0 Å². The number of amides is 2. The number of hydrogen-bond acceptors (Lipinski definition) is 2. The fourth-order valence-corrected chi connectivity index (χ4v) is 2.44. The Hall–Kier alpha value is -1.62. The standard InChI is InChI=1S/C14H20FN3O/c1-2-10-9-18(7-6-13(10)16)14(19)17-12-5-3-4-11(15)8-12/h3-5,8,10,13H,2,6-7,9,16H2,1H3,(H,17,19). The first-order valence-corrected chi connectivity index (χ1v) is 6.67. The van der Waals surface area contributed by atoms with E-state index in [4.69, 9.17) is 5.73 Å². The van der Waals surface area contributed by atoms with Gasteiger partial charge in [-0.05, 0) is 30.5 Å². The van der Waals surface area contributed by atoms with Crippen molar-refractivity contribution in [3.63, 3.8) is 0 Å². The summed E-state index contributed by atoms with van der Waals surface area (Å²) in [5.74, 6) is -0.0167. The molecule has 0 aromatic heterocycles. The molecular formula is C14H20FN3O. The maximum Gasteiger partial charge on any atom is 0.321 e. The third-order valence-electron chi connectivity index (χ3n) is 3.68. The molecule has 2 rings (SSSR count). The zero-order valence-electron chi connectivity index (χ0n) is 11.1. The van der Waals surface area contributed by atoms with Crippen molar-refractivity contribution in [2.75, 3.05) is 18.4 Å². The van der Waals surface area contributed by atoms with Gasteiger partial charge in [0.05, 0.1) is 0 Å². The Balaban J connectivity index is 1.97. The molecule has 5 heteroatoms. The average Bonchev–Trinajstić information content (AvgIpc) is 2.39. The minimum absolute atomic E-state index is 0.170. The lowest BCUT2D eigenvalue weighted by molar-refractivity contribution is 0.164. The topological polar surface area (TPSA) is 58.4 Å². The van der Waals surface area contributed by atoms with Crippen LogP contribution in [0.15, 0.2) is 24.3 Å². The minimum atomic E-state index is -0.357. The fraction of sp³-hybridized carbons (Fsp3) is 0.500. The number of nitrogens with zero attached hydrogens (tertiary/aromatic N) is 1. The summed E-state index contributed by atoms with van der Waals surface area (Å²) >= 11 is 0. The molecule has 0 aliphatic carbocycles. The predicted octanol–water partition coefficient (Wildman–Crippen LogP) is 2.42. The highest BCUT2D eigenvalue weighted by molar-refractivity contribution is 5.89. The van der Waals surface area contributed by atoms with Crippen LogP contribution in [0.2, 0.25) is 0 Å². The van der Waals surface area contributed by atoms with Crippen LogP contribution >= 0.6 is 0 Å². The molecule has 1 aliphatic heterocycles. The Kier molecular flexibility index (Phi) is 4.37. The molecular weight excluding hydrogens is 245 g/mol. The van der Waals surface area contributed by atoms with E-state index in [2.05, 4.69) is 12.2 Å². The van der Waals surface area contributed by atoms with Crippen LogP contribution in [0, 0.1) is 11.7 Å².